The van der Waals surface area contributed by atoms with E-state index in [9.17, 15) is 0 Å². The molecule has 344 valence electrons. The normalized spacial score (nSPS) is 36.5. The lowest BCUT2D eigenvalue weighted by molar-refractivity contribution is 0.0573. The number of fused-ring (bicyclic) bond motifs is 4. The summed E-state index contributed by atoms with van der Waals surface area (Å²) in [6.45, 7) is 36.5. The van der Waals surface area contributed by atoms with Crippen LogP contribution < -0.4 is 0 Å². The van der Waals surface area contributed by atoms with Crippen LogP contribution in [0.5, 0.6) is 0 Å². The Morgan fingerprint density at radius 2 is 1.31 bits per heavy atom. The molecule has 3 rings (SSSR count). The van der Waals surface area contributed by atoms with E-state index >= 15 is 0 Å². The van der Waals surface area contributed by atoms with Crippen LogP contribution in [-0.4, -0.2) is 148 Å². The molecule has 3 heterocycles. The van der Waals surface area contributed by atoms with Gasteiger partial charge in [0, 0.05) is 26.2 Å². The van der Waals surface area contributed by atoms with E-state index in [1.807, 2.05) is 26.6 Å². The first-order chi connectivity index (χ1) is 27.1. The maximum absolute atomic E-state index is 7.67. The van der Waals surface area contributed by atoms with Crippen molar-refractivity contribution in [2.45, 2.75) is 163 Å². The molecular weight excluding hydrogens is 1020 g/mol. The largest absolute Gasteiger partial charge is 0.645 e. The minimum atomic E-state index is -4.44. The fourth-order valence-corrected chi connectivity index (χ4v) is 95.2. The molecule has 0 aliphatic carbocycles. The van der Waals surface area contributed by atoms with Crippen LogP contribution in [0.1, 0.15) is 55.4 Å². The van der Waals surface area contributed by atoms with Gasteiger partial charge in [0.15, 0.2) is 18.1 Å². The van der Waals surface area contributed by atoms with E-state index < -0.39 is 141 Å². The molecule has 16 nitrogen and oxygen atoms in total. The van der Waals surface area contributed by atoms with Crippen LogP contribution in [0.15, 0.2) is 0 Å². The van der Waals surface area contributed by atoms with E-state index in [0.717, 1.165) is 42.3 Å². The van der Waals surface area contributed by atoms with E-state index in [1.165, 1.54) is 0 Å². The SMILES string of the molecule is CC[SiH](C)O[SiH](CC)O[SiH](CC)[SiH]1O[SiH](C)O[Si]2(CC)O[Si](C)(O[SiH](C)CC)O[SiH]3O[Si](C)(O[SiH]3C)O[Si](O[SiH](O[Si](C)(CC)O[SiH](CC)OC)[Si](C)(C)CC)(O1)O2. The Morgan fingerprint density at radius 1 is 0.655 bits per heavy atom. The average molecular weight is 1100 g/mol. The third-order valence-electron chi connectivity index (χ3n) is 10.8. The smallest absolute Gasteiger partial charge is 0.441 e. The molecule has 15 atom stereocenters. The van der Waals surface area contributed by atoms with Gasteiger partial charge in [0.2, 0.25) is 17.1 Å². The summed E-state index contributed by atoms with van der Waals surface area (Å²) in [7, 11) is -40.3. The van der Waals surface area contributed by atoms with Gasteiger partial charge in [0.05, 0.1) is 0 Å². The summed E-state index contributed by atoms with van der Waals surface area (Å²) in [6, 6.07) is 6.51. The summed E-state index contributed by atoms with van der Waals surface area (Å²) < 4.78 is 113. The maximum atomic E-state index is 7.67. The molecule has 3 aliphatic heterocycles. The summed E-state index contributed by atoms with van der Waals surface area (Å²) in [5.41, 5.74) is 0. The van der Waals surface area contributed by atoms with E-state index in [2.05, 4.69) is 87.7 Å². The van der Waals surface area contributed by atoms with E-state index in [-0.39, 0.29) is 0 Å². The Hall–Kier alpha value is 2.83. The van der Waals surface area contributed by atoms with Gasteiger partial charge >= 0.3 is 80.2 Å². The Labute approximate surface area is 374 Å². The standard InChI is InChI=1S/C26H80O16Si16/c1-19-43(10)28-48(22-4)30-49(23-5)50-29-45(12)32-57(26-8)40-55(17,31-44(11)20-2)35-51-36-56(18,33-46(51)13)41-58(37-50,42-57)39-52(53(14,15)24-6)38-54(16,25-7)34-47(21-3)27-9/h43-52H,19-26H2,1-18H3. The third kappa shape index (κ3) is 15.5. The molecule has 3 fully saturated rings. The highest BCUT2D eigenvalue weighted by Crippen LogP contribution is 2.39. The molecule has 0 amide bonds. The lowest BCUT2D eigenvalue weighted by Crippen LogP contribution is -2.75. The fraction of sp³-hybridized carbons (Fsp3) is 1.00. The average Bonchev–Trinajstić information content (AvgIpc) is 3.43. The van der Waals surface area contributed by atoms with Crippen LogP contribution in [0.3, 0.4) is 0 Å². The molecule has 0 radical (unpaired) electrons. The summed E-state index contributed by atoms with van der Waals surface area (Å²) in [5.74, 6) is 0. The fourth-order valence-electron chi connectivity index (χ4n) is 6.34. The van der Waals surface area contributed by atoms with Gasteiger partial charge in [-0.1, -0.05) is 74.5 Å². The highest BCUT2D eigenvalue weighted by Gasteiger charge is 2.70. The van der Waals surface area contributed by atoms with Crippen molar-refractivity contribution in [1.29, 1.82) is 0 Å². The van der Waals surface area contributed by atoms with E-state index in [1.54, 1.807) is 7.11 Å². The summed E-state index contributed by atoms with van der Waals surface area (Å²) in [4.78, 5) is 0. The number of hydrogen-bond acceptors (Lipinski definition) is 16. The van der Waals surface area contributed by atoms with Crippen LogP contribution in [0.25, 0.3) is 0 Å². The Morgan fingerprint density at radius 3 is 1.84 bits per heavy atom. The molecule has 0 aromatic heterocycles. The zero-order chi connectivity index (χ0) is 43.7. The predicted octanol–water partition coefficient (Wildman–Crippen LogP) is 3.35. The Kier molecular flexibility index (Phi) is 22.9. The molecule has 0 spiro atoms. The highest BCUT2D eigenvalue weighted by molar-refractivity contribution is 7.30. The number of rotatable bonds is 23. The van der Waals surface area contributed by atoms with Crippen LogP contribution >= 0.6 is 0 Å². The zero-order valence-corrected chi connectivity index (χ0v) is 56.5. The molecular formula is C26H80O16Si16. The second-order valence-electron chi connectivity index (χ2n) is 16.5. The summed E-state index contributed by atoms with van der Waals surface area (Å²) in [5, 5.41) is 0. The quantitative estimate of drug-likeness (QED) is 0.138. The van der Waals surface area contributed by atoms with Crippen molar-refractivity contribution in [3.63, 3.8) is 0 Å². The minimum absolute atomic E-state index is 0.411. The van der Waals surface area contributed by atoms with E-state index in [4.69, 9.17) is 66.2 Å². The molecule has 15 unspecified atom stereocenters. The second-order valence-corrected chi connectivity index (χ2v) is 74.6. The molecule has 0 N–H and O–H groups in total. The van der Waals surface area contributed by atoms with Crippen molar-refractivity contribution in [3.05, 3.63) is 0 Å². The molecule has 58 heavy (non-hydrogen) atoms. The zero-order valence-electron chi connectivity index (χ0n) is 39.0. The van der Waals surface area contributed by atoms with Crippen LogP contribution in [0.4, 0.5) is 0 Å². The first kappa shape index (κ1) is 55.2. The minimum Gasteiger partial charge on any atom is -0.441 e. The van der Waals surface area contributed by atoms with Crippen molar-refractivity contribution < 1.29 is 66.2 Å². The topological polar surface area (TPSA) is 148 Å². The van der Waals surface area contributed by atoms with Gasteiger partial charge in [-0.15, -0.1) is 0 Å². The Balaban J connectivity index is 2.34. The van der Waals surface area contributed by atoms with Crippen LogP contribution in [-0.2, 0) is 66.2 Å². The molecule has 3 saturated heterocycles. The van der Waals surface area contributed by atoms with Crippen molar-refractivity contribution in [1.82, 2.24) is 0 Å². The predicted molar refractivity (Wildman–Crippen MR) is 266 cm³/mol. The maximum Gasteiger partial charge on any atom is 0.645 e. The van der Waals surface area contributed by atoms with Gasteiger partial charge in [-0.2, -0.15) is 0 Å². The molecule has 0 saturated carbocycles. The van der Waals surface area contributed by atoms with Crippen molar-refractivity contribution in [2.75, 3.05) is 7.11 Å². The second kappa shape index (κ2) is 24.0. The van der Waals surface area contributed by atoms with Crippen LogP contribution in [0, 0.1) is 0 Å². The van der Waals surface area contributed by atoms with Gasteiger partial charge in [0.1, 0.15) is 7.59 Å². The summed E-state index contributed by atoms with van der Waals surface area (Å²) in [6.07, 6.45) is 0. The van der Waals surface area contributed by atoms with Crippen molar-refractivity contribution in [2.24, 2.45) is 0 Å². The van der Waals surface area contributed by atoms with Gasteiger partial charge in [0.25, 0.3) is 18.1 Å². The highest BCUT2D eigenvalue weighted by atomic mass is 29.3. The first-order valence-electron chi connectivity index (χ1n) is 21.8. The number of hydrogen-bond donors (Lipinski definition) is 0. The van der Waals surface area contributed by atoms with Crippen molar-refractivity contribution >= 4 is 141 Å². The lowest BCUT2D eigenvalue weighted by Gasteiger charge is -2.49. The lowest BCUT2D eigenvalue weighted by atomic mass is 11.0. The monoisotopic (exact) mass is 1100 g/mol. The van der Waals surface area contributed by atoms with E-state index in [0.29, 0.717) is 6.04 Å². The van der Waals surface area contributed by atoms with Crippen molar-refractivity contribution in [3.8, 4) is 0 Å². The summed E-state index contributed by atoms with van der Waals surface area (Å²) >= 11 is 0. The van der Waals surface area contributed by atoms with Gasteiger partial charge in [-0.3, -0.25) is 0 Å². The Bertz CT molecular complexity index is 1250. The third-order valence-corrected chi connectivity index (χ3v) is 83.2. The van der Waals surface area contributed by atoms with Gasteiger partial charge in [-0.05, 0) is 69.0 Å². The van der Waals surface area contributed by atoms with Gasteiger partial charge < -0.3 is 66.2 Å². The molecule has 0 aromatic carbocycles. The molecule has 3 aliphatic rings. The first-order valence-corrected chi connectivity index (χ1v) is 58.9. The van der Waals surface area contributed by atoms with Gasteiger partial charge in [-0.25, -0.2) is 0 Å². The molecule has 32 heteroatoms. The molecule has 0 aromatic rings. The van der Waals surface area contributed by atoms with Crippen LogP contribution in [0.2, 0.25) is 107 Å². The molecule has 4 bridgehead atoms.